The van der Waals surface area contributed by atoms with Crippen LogP contribution in [0, 0.1) is 18.6 Å². The first-order chi connectivity index (χ1) is 15.4. The number of esters is 1. The Morgan fingerprint density at radius 1 is 1.06 bits per heavy atom. The number of carbonyl (C=O) groups excluding carboxylic acids is 2. The standard InChI is InChI=1S/C23H16F2N2O5/c1-12-21-16(10-18(26-22(21)32-27-12)13-3-6-15(24)7-4-13)23(29)31-11-19(28)14-5-8-20(30-2)17(25)9-14/h3-10H,11H2,1-2H3. The molecule has 0 spiro atoms. The van der Waals surface area contributed by atoms with E-state index in [1.54, 1.807) is 6.92 Å². The molecule has 7 nitrogen and oxygen atoms in total. The molecular formula is C23H16F2N2O5. The van der Waals surface area contributed by atoms with Crippen molar-refractivity contribution in [3.8, 4) is 17.0 Å². The fourth-order valence-corrected chi connectivity index (χ4v) is 3.16. The molecule has 2 heterocycles. The number of ether oxygens (including phenoxy) is 2. The van der Waals surface area contributed by atoms with Crippen molar-refractivity contribution >= 4 is 22.9 Å². The van der Waals surface area contributed by atoms with Crippen molar-refractivity contribution in [3.05, 3.63) is 77.0 Å². The van der Waals surface area contributed by atoms with E-state index in [2.05, 4.69) is 10.1 Å². The molecule has 0 radical (unpaired) electrons. The van der Waals surface area contributed by atoms with E-state index in [0.29, 0.717) is 22.3 Å². The van der Waals surface area contributed by atoms with Gasteiger partial charge in [0, 0.05) is 11.1 Å². The third kappa shape index (κ3) is 4.04. The first kappa shape index (κ1) is 21.1. The molecule has 0 saturated carbocycles. The summed E-state index contributed by atoms with van der Waals surface area (Å²) in [5.74, 6) is -2.53. The van der Waals surface area contributed by atoms with Crippen LogP contribution in [-0.4, -0.2) is 35.6 Å². The Morgan fingerprint density at radius 2 is 1.81 bits per heavy atom. The number of hydrogen-bond acceptors (Lipinski definition) is 7. The Hall–Kier alpha value is -4.14. The quantitative estimate of drug-likeness (QED) is 0.323. The van der Waals surface area contributed by atoms with E-state index in [0.717, 1.165) is 6.07 Å². The second-order valence-electron chi connectivity index (χ2n) is 6.86. The molecule has 0 aliphatic carbocycles. The minimum absolute atomic E-state index is 0.00558. The molecule has 0 aliphatic rings. The Balaban J connectivity index is 1.61. The predicted octanol–water partition coefficient (Wildman–Crippen LogP) is 4.52. The van der Waals surface area contributed by atoms with E-state index in [1.807, 2.05) is 0 Å². The van der Waals surface area contributed by atoms with Crippen LogP contribution in [-0.2, 0) is 4.74 Å². The molecular weight excluding hydrogens is 422 g/mol. The summed E-state index contributed by atoms with van der Waals surface area (Å²) in [6, 6.07) is 10.7. The zero-order valence-electron chi connectivity index (χ0n) is 17.0. The lowest BCUT2D eigenvalue weighted by molar-refractivity contribution is 0.0476. The monoisotopic (exact) mass is 438 g/mol. The minimum Gasteiger partial charge on any atom is -0.494 e. The highest BCUT2D eigenvalue weighted by Crippen LogP contribution is 2.28. The zero-order chi connectivity index (χ0) is 22.8. The van der Waals surface area contributed by atoms with Gasteiger partial charge < -0.3 is 14.0 Å². The Morgan fingerprint density at radius 3 is 2.50 bits per heavy atom. The van der Waals surface area contributed by atoms with Crippen LogP contribution in [0.4, 0.5) is 8.78 Å². The lowest BCUT2D eigenvalue weighted by Crippen LogP contribution is -2.15. The molecule has 2 aromatic heterocycles. The maximum Gasteiger partial charge on any atom is 0.339 e. The summed E-state index contributed by atoms with van der Waals surface area (Å²) in [6.07, 6.45) is 0. The molecule has 0 saturated heterocycles. The van der Waals surface area contributed by atoms with Crippen molar-refractivity contribution in [2.75, 3.05) is 13.7 Å². The number of ketones is 1. The average molecular weight is 438 g/mol. The lowest BCUT2D eigenvalue weighted by Gasteiger charge is -2.08. The predicted molar refractivity (Wildman–Crippen MR) is 110 cm³/mol. The molecule has 0 atom stereocenters. The van der Waals surface area contributed by atoms with Crippen molar-refractivity contribution in [3.63, 3.8) is 0 Å². The summed E-state index contributed by atoms with van der Waals surface area (Å²) in [5, 5.41) is 4.17. The van der Waals surface area contributed by atoms with Crippen LogP contribution < -0.4 is 4.74 Å². The summed E-state index contributed by atoms with van der Waals surface area (Å²) in [5.41, 5.74) is 1.50. The van der Waals surface area contributed by atoms with Gasteiger partial charge in [-0.1, -0.05) is 5.16 Å². The van der Waals surface area contributed by atoms with Gasteiger partial charge in [-0.15, -0.1) is 0 Å². The number of fused-ring (bicyclic) bond motifs is 1. The number of nitrogens with zero attached hydrogens (tertiary/aromatic N) is 2. The second-order valence-corrected chi connectivity index (χ2v) is 6.86. The van der Waals surface area contributed by atoms with Crippen LogP contribution >= 0.6 is 0 Å². The van der Waals surface area contributed by atoms with Gasteiger partial charge in [-0.25, -0.2) is 18.6 Å². The van der Waals surface area contributed by atoms with Crippen molar-refractivity contribution in [2.24, 2.45) is 0 Å². The van der Waals surface area contributed by atoms with Crippen LogP contribution in [0.2, 0.25) is 0 Å². The Kier molecular flexibility index (Phi) is 5.63. The molecule has 4 aromatic rings. The van der Waals surface area contributed by atoms with E-state index in [1.165, 1.54) is 49.6 Å². The van der Waals surface area contributed by atoms with E-state index < -0.39 is 30.0 Å². The van der Waals surface area contributed by atoms with E-state index in [9.17, 15) is 18.4 Å². The molecule has 4 rings (SSSR count). The van der Waals surface area contributed by atoms with Crippen LogP contribution in [0.3, 0.4) is 0 Å². The van der Waals surface area contributed by atoms with Crippen molar-refractivity contribution in [2.45, 2.75) is 6.92 Å². The first-order valence-corrected chi connectivity index (χ1v) is 9.44. The van der Waals surface area contributed by atoms with Gasteiger partial charge in [0.15, 0.2) is 24.0 Å². The number of benzene rings is 2. The normalized spacial score (nSPS) is 10.9. The molecule has 0 bridgehead atoms. The summed E-state index contributed by atoms with van der Waals surface area (Å²) in [6.45, 7) is 1.03. The number of methoxy groups -OCH3 is 1. The zero-order valence-corrected chi connectivity index (χ0v) is 17.0. The highest BCUT2D eigenvalue weighted by atomic mass is 19.1. The van der Waals surface area contributed by atoms with Gasteiger partial charge in [0.2, 0.25) is 0 Å². The SMILES string of the molecule is COc1ccc(C(=O)COC(=O)c2cc(-c3ccc(F)cc3)nc3onc(C)c23)cc1F. The molecule has 0 aliphatic heterocycles. The number of aryl methyl sites for hydroxylation is 1. The number of pyridine rings is 1. The average Bonchev–Trinajstić information content (AvgIpc) is 3.17. The number of aromatic nitrogens is 2. The third-order valence-corrected chi connectivity index (χ3v) is 4.79. The van der Waals surface area contributed by atoms with Gasteiger partial charge >= 0.3 is 5.97 Å². The Labute approximate surface area is 180 Å². The largest absolute Gasteiger partial charge is 0.494 e. The number of rotatable bonds is 6. The van der Waals surface area contributed by atoms with E-state index in [-0.39, 0.29) is 22.6 Å². The fraction of sp³-hybridized carbons (Fsp3) is 0.130. The summed E-state index contributed by atoms with van der Waals surface area (Å²) in [4.78, 5) is 29.5. The minimum atomic E-state index is -0.811. The maximum absolute atomic E-state index is 13.9. The van der Waals surface area contributed by atoms with Gasteiger partial charge in [0.1, 0.15) is 5.82 Å². The summed E-state index contributed by atoms with van der Waals surface area (Å²) >= 11 is 0. The lowest BCUT2D eigenvalue weighted by atomic mass is 10.1. The highest BCUT2D eigenvalue weighted by molar-refractivity contribution is 6.06. The molecule has 0 unspecified atom stereocenters. The molecule has 162 valence electrons. The number of hydrogen-bond donors (Lipinski definition) is 0. The molecule has 0 N–H and O–H groups in total. The smallest absolute Gasteiger partial charge is 0.339 e. The van der Waals surface area contributed by atoms with Gasteiger partial charge in [0.05, 0.1) is 29.4 Å². The summed E-state index contributed by atoms with van der Waals surface area (Å²) in [7, 11) is 1.31. The number of Topliss-reactive ketones (excluding diaryl/α,β-unsaturated/α-hetero) is 1. The van der Waals surface area contributed by atoms with Crippen LogP contribution in [0.15, 0.2) is 53.1 Å². The van der Waals surface area contributed by atoms with Crippen LogP contribution in [0.25, 0.3) is 22.4 Å². The molecule has 32 heavy (non-hydrogen) atoms. The summed E-state index contributed by atoms with van der Waals surface area (Å²) < 4.78 is 42.3. The van der Waals surface area contributed by atoms with E-state index in [4.69, 9.17) is 14.0 Å². The van der Waals surface area contributed by atoms with Crippen molar-refractivity contribution in [1.82, 2.24) is 10.1 Å². The van der Waals surface area contributed by atoms with Gasteiger partial charge in [-0.2, -0.15) is 0 Å². The van der Waals surface area contributed by atoms with Gasteiger partial charge in [-0.3, -0.25) is 4.79 Å². The van der Waals surface area contributed by atoms with Gasteiger partial charge in [-0.05, 0) is 55.5 Å². The number of halogens is 2. The molecule has 0 fully saturated rings. The first-order valence-electron chi connectivity index (χ1n) is 9.44. The maximum atomic E-state index is 13.9. The fourth-order valence-electron chi connectivity index (χ4n) is 3.16. The number of carbonyl (C=O) groups is 2. The van der Waals surface area contributed by atoms with Crippen molar-refractivity contribution < 1.29 is 32.4 Å². The van der Waals surface area contributed by atoms with Gasteiger partial charge in [0.25, 0.3) is 5.71 Å². The van der Waals surface area contributed by atoms with Crippen LogP contribution in [0.5, 0.6) is 5.75 Å². The van der Waals surface area contributed by atoms with Crippen molar-refractivity contribution in [1.29, 1.82) is 0 Å². The van der Waals surface area contributed by atoms with Crippen LogP contribution in [0.1, 0.15) is 26.4 Å². The molecule has 9 heteroatoms. The second kappa shape index (κ2) is 8.54. The highest BCUT2D eigenvalue weighted by Gasteiger charge is 2.22. The Bertz CT molecular complexity index is 1330. The molecule has 0 amide bonds. The molecule has 2 aromatic carbocycles. The van der Waals surface area contributed by atoms with E-state index >= 15 is 0 Å². The topological polar surface area (TPSA) is 91.5 Å². The third-order valence-electron chi connectivity index (χ3n) is 4.79.